The Morgan fingerprint density at radius 2 is 1.85 bits per heavy atom. The summed E-state index contributed by atoms with van der Waals surface area (Å²) >= 11 is 19.1. The van der Waals surface area contributed by atoms with Crippen LogP contribution in [-0.2, 0) is 11.0 Å². The number of nitrogens with zero attached hydrogens (tertiary/aromatic N) is 1. The Morgan fingerprint density at radius 3 is 2.35 bits per heavy atom. The van der Waals surface area contributed by atoms with Gasteiger partial charge in [-0.05, 0) is 18.2 Å². The van der Waals surface area contributed by atoms with Crippen LogP contribution in [0.15, 0.2) is 30.5 Å². The number of rotatable bonds is 6. The van der Waals surface area contributed by atoms with Gasteiger partial charge < -0.3 is 10.4 Å². The van der Waals surface area contributed by atoms with Gasteiger partial charge in [0, 0.05) is 21.8 Å². The highest BCUT2D eigenvalue weighted by Gasteiger charge is 2.32. The quantitative estimate of drug-likeness (QED) is 0.535. The fourth-order valence-electron chi connectivity index (χ4n) is 1.94. The lowest BCUT2D eigenvalue weighted by molar-refractivity contribution is -0.138. The first-order chi connectivity index (χ1) is 12.1. The molecule has 4 nitrogen and oxygen atoms in total. The number of aromatic nitrogens is 1. The summed E-state index contributed by atoms with van der Waals surface area (Å²) in [6.45, 7) is 0. The molecule has 11 heteroatoms. The Hall–Kier alpha value is -1.35. The maximum Gasteiger partial charge on any atom is 0.417 e. The van der Waals surface area contributed by atoms with E-state index in [2.05, 4.69) is 10.3 Å². The normalized spacial score (nSPS) is 12.7. The van der Waals surface area contributed by atoms with Gasteiger partial charge in [0.1, 0.15) is 11.2 Å². The molecule has 1 aromatic heterocycles. The summed E-state index contributed by atoms with van der Waals surface area (Å²) < 4.78 is 38.2. The van der Waals surface area contributed by atoms with Gasteiger partial charge in [0.05, 0.1) is 16.3 Å². The number of nitrogens with one attached hydrogen (secondary N) is 1. The number of alkyl halides is 3. The number of pyridine rings is 1. The number of carboxylic acids is 1. The number of hydrogen-bond donors (Lipinski definition) is 2. The van der Waals surface area contributed by atoms with Crippen LogP contribution in [0.3, 0.4) is 0 Å². The molecule has 0 aliphatic rings. The maximum atomic E-state index is 12.7. The van der Waals surface area contributed by atoms with E-state index >= 15 is 0 Å². The van der Waals surface area contributed by atoms with E-state index in [1.807, 2.05) is 0 Å². The Labute approximate surface area is 165 Å². The predicted octanol–water partition coefficient (Wildman–Crippen LogP) is 5.99. The molecule has 140 valence electrons. The van der Waals surface area contributed by atoms with Crippen LogP contribution in [0, 0.1) is 0 Å². The lowest BCUT2D eigenvalue weighted by atomic mass is 10.2. The summed E-state index contributed by atoms with van der Waals surface area (Å²) in [6.07, 6.45) is -3.96. The van der Waals surface area contributed by atoms with Crippen LogP contribution in [0.2, 0.25) is 15.1 Å². The molecular weight excluding hydrogens is 436 g/mol. The number of aliphatic carboxylic acids is 1. The zero-order valence-corrected chi connectivity index (χ0v) is 15.7. The lowest BCUT2D eigenvalue weighted by Gasteiger charge is -2.22. The van der Waals surface area contributed by atoms with Crippen LogP contribution in [0.5, 0.6) is 0 Å². The van der Waals surface area contributed by atoms with E-state index in [-0.39, 0.29) is 26.6 Å². The van der Waals surface area contributed by atoms with Crippen LogP contribution in [0.25, 0.3) is 0 Å². The van der Waals surface area contributed by atoms with Gasteiger partial charge in [-0.2, -0.15) is 13.2 Å². The van der Waals surface area contributed by atoms with E-state index in [0.29, 0.717) is 11.8 Å². The number of anilines is 1. The van der Waals surface area contributed by atoms with Crippen molar-refractivity contribution in [2.45, 2.75) is 11.6 Å². The van der Waals surface area contributed by atoms with Crippen molar-refractivity contribution in [1.29, 1.82) is 0 Å². The van der Waals surface area contributed by atoms with Gasteiger partial charge in [-0.25, -0.2) is 4.98 Å². The Bertz CT molecular complexity index is 801. The molecule has 0 saturated heterocycles. The SMILES string of the molecule is O=C(O)CS[C@@H](Nc1ncc(C(F)(F)F)cc1Cl)c1c(Cl)cccc1Cl. The zero-order chi connectivity index (χ0) is 19.5. The lowest BCUT2D eigenvalue weighted by Crippen LogP contribution is -2.14. The van der Waals surface area contributed by atoms with Crippen LogP contribution >= 0.6 is 46.6 Å². The summed E-state index contributed by atoms with van der Waals surface area (Å²) in [5.74, 6) is -1.45. The number of thioether (sulfide) groups is 1. The minimum atomic E-state index is -4.58. The summed E-state index contributed by atoms with van der Waals surface area (Å²) in [5.41, 5.74) is -0.626. The third kappa shape index (κ3) is 5.33. The van der Waals surface area contributed by atoms with Crippen molar-refractivity contribution in [3.63, 3.8) is 0 Å². The molecular formula is C15H10Cl3F3N2O2S. The standard InChI is InChI=1S/C15H10Cl3F3N2O2S/c16-8-2-1-3-9(17)12(8)14(26-6-11(24)25)23-13-10(18)4-7(5-22-13)15(19,20)21/h1-5,14H,6H2,(H,22,23)(H,24,25)/t14-/m1/s1. The van der Waals surface area contributed by atoms with Gasteiger partial charge in [0.25, 0.3) is 0 Å². The third-order valence-electron chi connectivity index (χ3n) is 3.07. The van der Waals surface area contributed by atoms with Crippen molar-refractivity contribution in [3.05, 3.63) is 56.7 Å². The minimum absolute atomic E-state index is 0.0569. The molecule has 0 unspecified atom stereocenters. The summed E-state index contributed by atoms with van der Waals surface area (Å²) in [6, 6.07) is 5.45. The highest BCUT2D eigenvalue weighted by atomic mass is 35.5. The van der Waals surface area contributed by atoms with Gasteiger partial charge in [0.15, 0.2) is 0 Å². The van der Waals surface area contributed by atoms with E-state index in [1.165, 1.54) is 0 Å². The molecule has 1 atom stereocenters. The van der Waals surface area contributed by atoms with Gasteiger partial charge in [-0.3, -0.25) is 4.79 Å². The van der Waals surface area contributed by atoms with Gasteiger partial charge >= 0.3 is 12.1 Å². The molecule has 2 aromatic rings. The van der Waals surface area contributed by atoms with Crippen molar-refractivity contribution in [1.82, 2.24) is 4.98 Å². The van der Waals surface area contributed by atoms with Crippen molar-refractivity contribution in [2.24, 2.45) is 0 Å². The van der Waals surface area contributed by atoms with Gasteiger partial charge in [-0.1, -0.05) is 40.9 Å². The van der Waals surface area contributed by atoms with Crippen LogP contribution < -0.4 is 5.32 Å². The highest BCUT2D eigenvalue weighted by molar-refractivity contribution is 8.00. The first-order valence-corrected chi connectivity index (χ1v) is 9.04. The first kappa shape index (κ1) is 21.0. The maximum absolute atomic E-state index is 12.7. The van der Waals surface area contributed by atoms with Crippen molar-refractivity contribution in [2.75, 3.05) is 11.1 Å². The van der Waals surface area contributed by atoms with Crippen molar-refractivity contribution >= 4 is 58.4 Å². The van der Waals surface area contributed by atoms with E-state index in [1.54, 1.807) is 18.2 Å². The second-order valence-corrected chi connectivity index (χ2v) is 7.23. The topological polar surface area (TPSA) is 62.2 Å². The molecule has 2 rings (SSSR count). The fraction of sp³-hybridized carbons (Fsp3) is 0.200. The molecule has 0 aliphatic heterocycles. The average Bonchev–Trinajstić information content (AvgIpc) is 2.52. The van der Waals surface area contributed by atoms with E-state index in [4.69, 9.17) is 39.9 Å². The number of hydrogen-bond acceptors (Lipinski definition) is 4. The van der Waals surface area contributed by atoms with E-state index in [0.717, 1.165) is 17.8 Å². The Balaban J connectivity index is 2.37. The molecule has 0 aliphatic carbocycles. The second kappa shape index (κ2) is 8.56. The molecule has 0 bridgehead atoms. The Kier molecular flexibility index (Phi) is 6.90. The molecule has 26 heavy (non-hydrogen) atoms. The molecule has 1 heterocycles. The molecule has 1 aromatic carbocycles. The van der Waals surface area contributed by atoms with E-state index in [9.17, 15) is 18.0 Å². The smallest absolute Gasteiger partial charge is 0.417 e. The fourth-order valence-corrected chi connectivity index (χ4v) is 3.83. The molecule has 0 saturated carbocycles. The van der Waals surface area contributed by atoms with Crippen LogP contribution in [0.4, 0.5) is 19.0 Å². The zero-order valence-electron chi connectivity index (χ0n) is 12.6. The molecule has 0 radical (unpaired) electrons. The predicted molar refractivity (Wildman–Crippen MR) is 97.2 cm³/mol. The summed E-state index contributed by atoms with van der Waals surface area (Å²) in [4.78, 5) is 14.6. The molecule has 0 amide bonds. The summed E-state index contributed by atoms with van der Waals surface area (Å²) in [5, 5.41) is 11.2. The van der Waals surface area contributed by atoms with Crippen LogP contribution in [-0.4, -0.2) is 21.8 Å². The van der Waals surface area contributed by atoms with Crippen molar-refractivity contribution in [3.8, 4) is 0 Å². The number of halogens is 6. The number of benzene rings is 1. The van der Waals surface area contributed by atoms with E-state index < -0.39 is 23.1 Å². The molecule has 0 fully saturated rings. The largest absolute Gasteiger partial charge is 0.481 e. The van der Waals surface area contributed by atoms with Crippen LogP contribution in [0.1, 0.15) is 16.5 Å². The van der Waals surface area contributed by atoms with Gasteiger partial charge in [0.2, 0.25) is 0 Å². The highest BCUT2D eigenvalue weighted by Crippen LogP contribution is 2.40. The third-order valence-corrected chi connectivity index (χ3v) is 5.12. The monoisotopic (exact) mass is 444 g/mol. The summed E-state index contributed by atoms with van der Waals surface area (Å²) in [7, 11) is 0. The Morgan fingerprint density at radius 1 is 1.23 bits per heavy atom. The second-order valence-electron chi connectivity index (χ2n) is 4.92. The minimum Gasteiger partial charge on any atom is -0.481 e. The number of carbonyl (C=O) groups is 1. The molecule has 0 spiro atoms. The average molecular weight is 446 g/mol. The van der Waals surface area contributed by atoms with Gasteiger partial charge in [-0.15, -0.1) is 11.8 Å². The number of carboxylic acid groups (broad SMARTS) is 1. The first-order valence-electron chi connectivity index (χ1n) is 6.86. The van der Waals surface area contributed by atoms with Crippen molar-refractivity contribution < 1.29 is 23.1 Å². The molecule has 2 N–H and O–H groups in total.